The van der Waals surface area contributed by atoms with E-state index in [0.717, 1.165) is 11.1 Å². The van der Waals surface area contributed by atoms with Crippen LogP contribution < -0.4 is 10.6 Å². The van der Waals surface area contributed by atoms with Crippen molar-refractivity contribution in [2.24, 2.45) is 0 Å². The van der Waals surface area contributed by atoms with Gasteiger partial charge >= 0.3 is 5.97 Å². The van der Waals surface area contributed by atoms with E-state index in [-0.39, 0.29) is 11.8 Å². The molecule has 3 aromatic rings. The van der Waals surface area contributed by atoms with Crippen LogP contribution in [0.25, 0.3) is 0 Å². The molecule has 1 heterocycles. The molecule has 0 bridgehead atoms. The summed E-state index contributed by atoms with van der Waals surface area (Å²) in [6, 6.07) is 15.6. The molecule has 0 spiro atoms. The van der Waals surface area contributed by atoms with Crippen LogP contribution in [0.1, 0.15) is 41.5 Å². The molecule has 29 heavy (non-hydrogen) atoms. The molecule has 0 atom stereocenters. The van der Waals surface area contributed by atoms with E-state index in [1.165, 1.54) is 18.4 Å². The molecule has 0 aliphatic rings. The highest BCUT2D eigenvalue weighted by Gasteiger charge is 2.15. The lowest BCUT2D eigenvalue weighted by Gasteiger charge is -2.11. The Kier molecular flexibility index (Phi) is 6.41. The van der Waals surface area contributed by atoms with E-state index in [9.17, 15) is 14.4 Å². The number of ether oxygens (including phenoxy) is 1. The van der Waals surface area contributed by atoms with Crippen molar-refractivity contribution in [3.8, 4) is 0 Å². The quantitative estimate of drug-likeness (QED) is 0.603. The standard InChI is InChI=1S/C22H20N2O4S/c1-14-5-10-18(17(12-14)22(27)28-2)24-20(25)16-8-6-15(7-9-16)13-23-21(26)19-4-3-11-29-19/h3-12H,13H2,1-2H3,(H,23,26)(H,24,25). The summed E-state index contributed by atoms with van der Waals surface area (Å²) in [6.45, 7) is 2.22. The van der Waals surface area contributed by atoms with Crippen LogP contribution in [0.3, 0.4) is 0 Å². The Balaban J connectivity index is 1.65. The molecule has 2 amide bonds. The number of anilines is 1. The van der Waals surface area contributed by atoms with Crippen LogP contribution in [0, 0.1) is 6.92 Å². The molecule has 0 fully saturated rings. The molecule has 0 radical (unpaired) electrons. The molecule has 2 N–H and O–H groups in total. The maximum atomic E-state index is 12.6. The van der Waals surface area contributed by atoms with Crippen LogP contribution in [0.2, 0.25) is 0 Å². The zero-order valence-electron chi connectivity index (χ0n) is 16.0. The van der Waals surface area contributed by atoms with Gasteiger partial charge in [-0.25, -0.2) is 4.79 Å². The first kappa shape index (κ1) is 20.3. The average Bonchev–Trinajstić information content (AvgIpc) is 3.28. The molecular weight excluding hydrogens is 388 g/mol. The maximum Gasteiger partial charge on any atom is 0.339 e. The minimum atomic E-state index is -0.513. The van der Waals surface area contributed by atoms with Crippen molar-refractivity contribution in [3.63, 3.8) is 0 Å². The van der Waals surface area contributed by atoms with Gasteiger partial charge < -0.3 is 15.4 Å². The van der Waals surface area contributed by atoms with E-state index < -0.39 is 5.97 Å². The van der Waals surface area contributed by atoms with E-state index in [1.807, 2.05) is 18.4 Å². The van der Waals surface area contributed by atoms with Gasteiger partial charge in [0.2, 0.25) is 0 Å². The SMILES string of the molecule is COC(=O)c1cc(C)ccc1NC(=O)c1ccc(CNC(=O)c2cccs2)cc1. The topological polar surface area (TPSA) is 84.5 Å². The van der Waals surface area contributed by atoms with Gasteiger partial charge in [0, 0.05) is 12.1 Å². The van der Waals surface area contributed by atoms with Crippen molar-refractivity contribution in [1.82, 2.24) is 5.32 Å². The molecule has 0 aliphatic heterocycles. The van der Waals surface area contributed by atoms with Gasteiger partial charge in [0.05, 0.1) is 23.2 Å². The Morgan fingerprint density at radius 1 is 1.00 bits per heavy atom. The number of rotatable bonds is 6. The fourth-order valence-electron chi connectivity index (χ4n) is 2.69. The zero-order chi connectivity index (χ0) is 20.8. The average molecular weight is 408 g/mol. The van der Waals surface area contributed by atoms with Gasteiger partial charge in [0.15, 0.2) is 0 Å². The van der Waals surface area contributed by atoms with Crippen LogP contribution in [-0.2, 0) is 11.3 Å². The van der Waals surface area contributed by atoms with Crippen LogP contribution in [-0.4, -0.2) is 24.9 Å². The molecular formula is C22H20N2O4S. The highest BCUT2D eigenvalue weighted by atomic mass is 32.1. The number of aryl methyl sites for hydroxylation is 1. The molecule has 0 aliphatic carbocycles. The van der Waals surface area contributed by atoms with Gasteiger partial charge in [-0.1, -0.05) is 29.8 Å². The number of benzene rings is 2. The highest BCUT2D eigenvalue weighted by Crippen LogP contribution is 2.19. The molecule has 2 aromatic carbocycles. The molecule has 3 rings (SSSR count). The third kappa shape index (κ3) is 5.08. The summed E-state index contributed by atoms with van der Waals surface area (Å²) in [4.78, 5) is 37.2. The molecule has 6 nitrogen and oxygen atoms in total. The van der Waals surface area contributed by atoms with Crippen LogP contribution >= 0.6 is 11.3 Å². The van der Waals surface area contributed by atoms with Crippen molar-refractivity contribution < 1.29 is 19.1 Å². The van der Waals surface area contributed by atoms with Crippen molar-refractivity contribution >= 4 is 34.8 Å². The molecule has 7 heteroatoms. The summed E-state index contributed by atoms with van der Waals surface area (Å²) in [5, 5.41) is 7.44. The lowest BCUT2D eigenvalue weighted by atomic mass is 10.1. The second-order valence-electron chi connectivity index (χ2n) is 6.35. The molecule has 1 aromatic heterocycles. The first-order valence-electron chi connectivity index (χ1n) is 8.89. The summed E-state index contributed by atoms with van der Waals surface area (Å²) >= 11 is 1.38. The highest BCUT2D eigenvalue weighted by molar-refractivity contribution is 7.12. The summed E-state index contributed by atoms with van der Waals surface area (Å²) in [7, 11) is 1.30. The monoisotopic (exact) mass is 408 g/mol. The minimum Gasteiger partial charge on any atom is -0.465 e. The summed E-state index contributed by atoms with van der Waals surface area (Å²) in [5.74, 6) is -0.981. The van der Waals surface area contributed by atoms with Gasteiger partial charge in [0.1, 0.15) is 0 Å². The number of carbonyl (C=O) groups excluding carboxylic acids is 3. The number of thiophene rings is 1. The van der Waals surface area contributed by atoms with Gasteiger partial charge in [-0.2, -0.15) is 0 Å². The first-order valence-corrected chi connectivity index (χ1v) is 9.77. The Morgan fingerprint density at radius 3 is 2.41 bits per heavy atom. The predicted molar refractivity (Wildman–Crippen MR) is 112 cm³/mol. The Bertz CT molecular complexity index is 1030. The van der Waals surface area contributed by atoms with Crippen molar-refractivity contribution in [3.05, 3.63) is 87.1 Å². The van der Waals surface area contributed by atoms with E-state index in [1.54, 1.807) is 48.5 Å². The Labute approximate surface area is 172 Å². The number of amides is 2. The molecule has 148 valence electrons. The van der Waals surface area contributed by atoms with E-state index in [2.05, 4.69) is 10.6 Å². The number of carbonyl (C=O) groups is 3. The number of methoxy groups -OCH3 is 1. The van der Waals surface area contributed by atoms with Gasteiger partial charge in [-0.3, -0.25) is 9.59 Å². The van der Waals surface area contributed by atoms with Crippen molar-refractivity contribution in [2.75, 3.05) is 12.4 Å². The number of esters is 1. The van der Waals surface area contributed by atoms with Gasteiger partial charge in [-0.05, 0) is 48.2 Å². The molecule has 0 unspecified atom stereocenters. The summed E-state index contributed by atoms with van der Waals surface area (Å²) in [5.41, 5.74) is 2.89. The predicted octanol–water partition coefficient (Wildman–Crippen LogP) is 4.03. The maximum absolute atomic E-state index is 12.6. The number of nitrogens with one attached hydrogen (secondary N) is 2. The zero-order valence-corrected chi connectivity index (χ0v) is 16.8. The largest absolute Gasteiger partial charge is 0.465 e. The fourth-order valence-corrected chi connectivity index (χ4v) is 3.33. The number of hydrogen-bond acceptors (Lipinski definition) is 5. The van der Waals surface area contributed by atoms with Crippen LogP contribution in [0.4, 0.5) is 5.69 Å². The van der Waals surface area contributed by atoms with Crippen molar-refractivity contribution in [2.45, 2.75) is 13.5 Å². The lowest BCUT2D eigenvalue weighted by molar-refractivity contribution is 0.0601. The third-order valence-corrected chi connectivity index (χ3v) is 5.11. The van der Waals surface area contributed by atoms with E-state index >= 15 is 0 Å². The minimum absolute atomic E-state index is 0.128. The Morgan fingerprint density at radius 2 is 1.76 bits per heavy atom. The van der Waals surface area contributed by atoms with E-state index in [0.29, 0.717) is 28.2 Å². The third-order valence-electron chi connectivity index (χ3n) is 4.24. The summed E-state index contributed by atoms with van der Waals surface area (Å²) < 4.78 is 4.78. The molecule has 0 saturated heterocycles. The summed E-state index contributed by atoms with van der Waals surface area (Å²) in [6.07, 6.45) is 0. The molecule has 0 saturated carbocycles. The van der Waals surface area contributed by atoms with Crippen LogP contribution in [0.5, 0.6) is 0 Å². The normalized spacial score (nSPS) is 10.3. The van der Waals surface area contributed by atoms with Gasteiger partial charge in [0.25, 0.3) is 11.8 Å². The number of hydrogen-bond donors (Lipinski definition) is 2. The fraction of sp³-hybridized carbons (Fsp3) is 0.136. The first-order chi connectivity index (χ1) is 14.0. The second-order valence-corrected chi connectivity index (χ2v) is 7.30. The second kappa shape index (κ2) is 9.16. The van der Waals surface area contributed by atoms with Crippen LogP contribution in [0.15, 0.2) is 60.0 Å². The smallest absolute Gasteiger partial charge is 0.339 e. The van der Waals surface area contributed by atoms with E-state index in [4.69, 9.17) is 4.74 Å². The van der Waals surface area contributed by atoms with Crippen molar-refractivity contribution in [1.29, 1.82) is 0 Å². The Hall–Kier alpha value is -3.45. The van der Waals surface area contributed by atoms with Gasteiger partial charge in [-0.15, -0.1) is 11.3 Å². The lowest BCUT2D eigenvalue weighted by Crippen LogP contribution is -2.21.